The number of aromatic nitrogens is 2. The van der Waals surface area contributed by atoms with E-state index in [1.165, 1.54) is 18.2 Å². The number of anilines is 1. The second-order valence-corrected chi connectivity index (χ2v) is 5.96. The number of carbonyl (C=O) groups is 1. The highest BCUT2D eigenvalue weighted by molar-refractivity contribution is 5.91. The highest BCUT2D eigenvalue weighted by atomic mass is 19.4. The van der Waals surface area contributed by atoms with Crippen molar-refractivity contribution in [2.45, 2.75) is 20.0 Å². The minimum absolute atomic E-state index is 0.0196. The van der Waals surface area contributed by atoms with E-state index in [-0.39, 0.29) is 11.6 Å². The molecule has 27 heavy (non-hydrogen) atoms. The first-order valence-corrected chi connectivity index (χ1v) is 8.02. The first-order chi connectivity index (χ1) is 12.7. The molecule has 3 rings (SSSR count). The Balaban J connectivity index is 1.77. The number of rotatable bonds is 3. The molecule has 0 aliphatic rings. The van der Waals surface area contributed by atoms with E-state index in [0.717, 1.165) is 22.4 Å². The van der Waals surface area contributed by atoms with Gasteiger partial charge in [-0.2, -0.15) is 17.9 Å². The Bertz CT molecular complexity index is 980. The topological polar surface area (TPSA) is 56.2 Å². The molecule has 1 amide bonds. The highest BCUT2D eigenvalue weighted by Crippen LogP contribution is 2.32. The number of amides is 1. The van der Waals surface area contributed by atoms with E-state index in [1.807, 2.05) is 19.1 Å². The first kappa shape index (κ1) is 18.5. The van der Waals surface area contributed by atoms with Gasteiger partial charge in [0.1, 0.15) is 5.75 Å². The van der Waals surface area contributed by atoms with Gasteiger partial charge in [-0.05, 0) is 49.7 Å². The van der Waals surface area contributed by atoms with Crippen LogP contribution in [0.5, 0.6) is 11.6 Å². The first-order valence-electron chi connectivity index (χ1n) is 8.02. The fourth-order valence-electron chi connectivity index (χ4n) is 2.46. The average molecular weight is 375 g/mol. The Hall–Kier alpha value is -3.29. The Kier molecular flexibility index (Phi) is 4.89. The third-order valence-electron chi connectivity index (χ3n) is 3.71. The van der Waals surface area contributed by atoms with Gasteiger partial charge in [-0.3, -0.25) is 0 Å². The van der Waals surface area contributed by atoms with Crippen LogP contribution in [0.2, 0.25) is 0 Å². The van der Waals surface area contributed by atoms with Crippen molar-refractivity contribution in [1.82, 2.24) is 9.78 Å². The lowest BCUT2D eigenvalue weighted by molar-refractivity contribution is -0.137. The van der Waals surface area contributed by atoms with Gasteiger partial charge in [-0.25, -0.2) is 4.79 Å². The molecule has 0 bridgehead atoms. The third-order valence-corrected chi connectivity index (χ3v) is 3.71. The predicted octanol–water partition coefficient (Wildman–Crippen LogP) is 5.39. The van der Waals surface area contributed by atoms with E-state index in [9.17, 15) is 18.0 Å². The molecule has 0 spiro atoms. The zero-order valence-corrected chi connectivity index (χ0v) is 14.5. The van der Waals surface area contributed by atoms with Crippen molar-refractivity contribution >= 4 is 11.7 Å². The van der Waals surface area contributed by atoms with Crippen LogP contribution in [0.25, 0.3) is 0 Å². The van der Waals surface area contributed by atoms with Gasteiger partial charge in [0.15, 0.2) is 0 Å². The van der Waals surface area contributed by atoms with E-state index >= 15 is 0 Å². The maximum absolute atomic E-state index is 12.8. The quantitative estimate of drug-likeness (QED) is 0.668. The monoisotopic (exact) mass is 375 g/mol. The minimum atomic E-state index is -4.47. The maximum atomic E-state index is 12.8. The van der Waals surface area contributed by atoms with Gasteiger partial charge < -0.3 is 10.1 Å². The summed E-state index contributed by atoms with van der Waals surface area (Å²) in [6.45, 7) is 3.54. The lowest BCUT2D eigenvalue weighted by atomic mass is 10.2. The number of carbonyl (C=O) groups excluding carboxylic acids is 1. The summed E-state index contributed by atoms with van der Waals surface area (Å²) in [5, 5.41) is 6.72. The molecule has 0 aliphatic heterocycles. The molecule has 0 radical (unpaired) electrons. The molecule has 1 aromatic heterocycles. The maximum Gasteiger partial charge on any atom is 0.416 e. The Morgan fingerprint density at radius 1 is 1.07 bits per heavy atom. The number of nitrogens with one attached hydrogen (secondary N) is 1. The van der Waals surface area contributed by atoms with Gasteiger partial charge in [0.05, 0.1) is 11.3 Å². The summed E-state index contributed by atoms with van der Waals surface area (Å²) in [6, 6.07) is 12.7. The normalized spacial score (nSPS) is 11.3. The lowest BCUT2D eigenvalue weighted by Crippen LogP contribution is -2.21. The number of benzene rings is 2. The van der Waals surface area contributed by atoms with Crippen LogP contribution in [0.4, 0.5) is 23.7 Å². The molecule has 8 heteroatoms. The van der Waals surface area contributed by atoms with Gasteiger partial charge in [-0.15, -0.1) is 5.10 Å². The highest BCUT2D eigenvalue weighted by Gasteiger charge is 2.30. The summed E-state index contributed by atoms with van der Waals surface area (Å²) in [6.07, 6.45) is -4.47. The number of halogens is 3. The SMILES string of the molecule is Cc1cccc(NC(=O)n2nc(Oc3cccc(C(F)(F)F)c3)cc2C)c1. The number of hydrogen-bond donors (Lipinski definition) is 1. The zero-order chi connectivity index (χ0) is 19.6. The summed E-state index contributed by atoms with van der Waals surface area (Å²) in [5.74, 6) is -0.000200. The van der Waals surface area contributed by atoms with Crippen LogP contribution >= 0.6 is 0 Å². The molecule has 0 unspecified atom stereocenters. The Labute approximate surface area is 153 Å². The van der Waals surface area contributed by atoms with Crippen molar-refractivity contribution in [3.05, 3.63) is 71.4 Å². The van der Waals surface area contributed by atoms with Crippen LogP contribution in [0.15, 0.2) is 54.6 Å². The second-order valence-electron chi connectivity index (χ2n) is 5.96. The van der Waals surface area contributed by atoms with Crippen LogP contribution in [-0.2, 0) is 6.18 Å². The number of hydrogen-bond acceptors (Lipinski definition) is 3. The van der Waals surface area contributed by atoms with E-state index in [4.69, 9.17) is 4.74 Å². The van der Waals surface area contributed by atoms with Crippen molar-refractivity contribution in [3.63, 3.8) is 0 Å². The minimum Gasteiger partial charge on any atom is -0.438 e. The molecule has 0 atom stereocenters. The number of alkyl halides is 3. The van der Waals surface area contributed by atoms with Crippen molar-refractivity contribution < 1.29 is 22.7 Å². The number of ether oxygens (including phenoxy) is 1. The van der Waals surface area contributed by atoms with E-state index in [1.54, 1.807) is 19.1 Å². The molecule has 5 nitrogen and oxygen atoms in total. The molecule has 0 aliphatic carbocycles. The van der Waals surface area contributed by atoms with Gasteiger partial charge >= 0.3 is 12.2 Å². The van der Waals surface area contributed by atoms with Gasteiger partial charge in [0.25, 0.3) is 0 Å². The summed E-state index contributed by atoms with van der Waals surface area (Å²) >= 11 is 0. The molecule has 1 heterocycles. The van der Waals surface area contributed by atoms with E-state index in [2.05, 4.69) is 10.4 Å². The molecule has 3 aromatic rings. The third kappa shape index (κ3) is 4.46. The molecule has 140 valence electrons. The Morgan fingerprint density at radius 3 is 2.52 bits per heavy atom. The van der Waals surface area contributed by atoms with E-state index in [0.29, 0.717) is 11.4 Å². The van der Waals surface area contributed by atoms with Crippen LogP contribution < -0.4 is 10.1 Å². The smallest absolute Gasteiger partial charge is 0.416 e. The molecular formula is C19H16F3N3O2. The summed E-state index contributed by atoms with van der Waals surface area (Å²) < 4.78 is 44.8. The van der Waals surface area contributed by atoms with Crippen molar-refractivity contribution in [3.8, 4) is 11.6 Å². The second kappa shape index (κ2) is 7.14. The molecule has 0 saturated carbocycles. The molecule has 2 aromatic carbocycles. The molecule has 0 saturated heterocycles. The lowest BCUT2D eigenvalue weighted by Gasteiger charge is -2.08. The molecule has 0 fully saturated rings. The van der Waals surface area contributed by atoms with Crippen molar-refractivity contribution in [2.75, 3.05) is 5.32 Å². The average Bonchev–Trinajstić information content (AvgIpc) is 2.95. The fourth-order valence-corrected chi connectivity index (χ4v) is 2.46. The summed E-state index contributed by atoms with van der Waals surface area (Å²) in [4.78, 5) is 12.4. The van der Waals surface area contributed by atoms with Crippen LogP contribution in [-0.4, -0.2) is 15.8 Å². The predicted molar refractivity (Wildman–Crippen MR) is 94.1 cm³/mol. The van der Waals surface area contributed by atoms with Crippen LogP contribution in [0.1, 0.15) is 16.8 Å². The largest absolute Gasteiger partial charge is 0.438 e. The standard InChI is InChI=1S/C19H16F3N3O2/c1-12-5-3-7-15(9-12)23-18(26)25-13(2)10-17(24-25)27-16-8-4-6-14(11-16)19(20,21)22/h3-11H,1-2H3,(H,23,26). The summed E-state index contributed by atoms with van der Waals surface area (Å²) in [7, 11) is 0. The van der Waals surface area contributed by atoms with Crippen LogP contribution in [0.3, 0.4) is 0 Å². The van der Waals surface area contributed by atoms with Crippen molar-refractivity contribution in [2.24, 2.45) is 0 Å². The van der Waals surface area contributed by atoms with Gasteiger partial charge in [0.2, 0.25) is 5.88 Å². The van der Waals surface area contributed by atoms with E-state index < -0.39 is 17.8 Å². The van der Waals surface area contributed by atoms with Crippen LogP contribution in [0, 0.1) is 13.8 Å². The summed E-state index contributed by atoms with van der Waals surface area (Å²) in [5.41, 5.74) is 1.24. The fraction of sp³-hybridized carbons (Fsp3) is 0.158. The van der Waals surface area contributed by atoms with Gasteiger partial charge in [-0.1, -0.05) is 18.2 Å². The van der Waals surface area contributed by atoms with Gasteiger partial charge in [0, 0.05) is 11.8 Å². The number of nitrogens with zero attached hydrogens (tertiary/aromatic N) is 2. The number of aryl methyl sites for hydroxylation is 2. The Morgan fingerprint density at radius 2 is 1.81 bits per heavy atom. The molecule has 1 N–H and O–H groups in total. The molecular weight excluding hydrogens is 359 g/mol. The van der Waals surface area contributed by atoms with Crippen molar-refractivity contribution in [1.29, 1.82) is 0 Å². The zero-order valence-electron chi connectivity index (χ0n) is 14.5.